The number of fused-ring (bicyclic) bond motifs is 3. The fourth-order valence-corrected chi connectivity index (χ4v) is 6.91. The molecule has 1 amide bonds. The average molecular weight is 662 g/mol. The van der Waals surface area contributed by atoms with Crippen LogP contribution < -0.4 is 25.4 Å². The van der Waals surface area contributed by atoms with Crippen LogP contribution in [0, 0.1) is 18.3 Å². The molecule has 12 nitrogen and oxygen atoms in total. The van der Waals surface area contributed by atoms with Crippen LogP contribution in [-0.4, -0.2) is 76.9 Å². The van der Waals surface area contributed by atoms with Crippen LogP contribution in [0.3, 0.4) is 0 Å². The maximum Gasteiger partial charge on any atom is 0.261 e. The van der Waals surface area contributed by atoms with Crippen molar-refractivity contribution in [1.29, 1.82) is 5.26 Å². The number of anilines is 2. The first-order valence-electron chi connectivity index (χ1n) is 15.8. The minimum atomic E-state index is -0.421. The predicted octanol–water partition coefficient (Wildman–Crippen LogP) is 4.62. The third-order valence-corrected chi connectivity index (χ3v) is 9.79. The molecule has 0 unspecified atom stereocenters. The van der Waals surface area contributed by atoms with Crippen molar-refractivity contribution < 1.29 is 14.3 Å². The highest BCUT2D eigenvalue weighted by Gasteiger charge is 2.21. The van der Waals surface area contributed by atoms with E-state index < -0.39 is 5.91 Å². The van der Waals surface area contributed by atoms with Gasteiger partial charge in [-0.05, 0) is 78.7 Å². The van der Waals surface area contributed by atoms with E-state index in [2.05, 4.69) is 56.4 Å². The number of carbonyl (C=O) groups excluding carboxylic acids is 1. The summed E-state index contributed by atoms with van der Waals surface area (Å²) in [4.78, 5) is 32.1. The number of imidazole rings is 1. The molecule has 244 valence electrons. The van der Waals surface area contributed by atoms with E-state index in [4.69, 9.17) is 20.2 Å². The SMILES string of the molecule is Cc1cc2c(cc1Sc1nc3c(N)ncnc3n1CCCNC(=O)/C(C#N)=C/c1ccc3cc(N4CCN(C)CC4)ccc3c1)OCO2. The lowest BCUT2D eigenvalue weighted by Crippen LogP contribution is -2.44. The van der Waals surface area contributed by atoms with Gasteiger partial charge >= 0.3 is 0 Å². The number of aryl methyl sites for hydroxylation is 2. The monoisotopic (exact) mass is 661 g/mol. The summed E-state index contributed by atoms with van der Waals surface area (Å²) in [5, 5.41) is 15.6. The zero-order valence-electron chi connectivity index (χ0n) is 26.8. The van der Waals surface area contributed by atoms with Crippen LogP contribution >= 0.6 is 11.8 Å². The lowest BCUT2D eigenvalue weighted by Gasteiger charge is -2.34. The minimum absolute atomic E-state index is 0.0477. The third-order valence-electron chi connectivity index (χ3n) is 8.63. The number of hydrogen-bond donors (Lipinski definition) is 2. The summed E-state index contributed by atoms with van der Waals surface area (Å²) in [5.41, 5.74) is 10.3. The van der Waals surface area contributed by atoms with Crippen molar-refractivity contribution in [3.8, 4) is 17.6 Å². The molecule has 13 heteroatoms. The molecule has 3 N–H and O–H groups in total. The van der Waals surface area contributed by atoms with Gasteiger partial charge in [-0.15, -0.1) is 0 Å². The number of carbonyl (C=O) groups is 1. The minimum Gasteiger partial charge on any atom is -0.454 e. The first-order chi connectivity index (χ1) is 23.4. The molecule has 48 heavy (non-hydrogen) atoms. The van der Waals surface area contributed by atoms with Gasteiger partial charge in [0.2, 0.25) is 6.79 Å². The van der Waals surface area contributed by atoms with Gasteiger partial charge in [0.1, 0.15) is 18.0 Å². The van der Waals surface area contributed by atoms with Crippen molar-refractivity contribution >= 4 is 57.2 Å². The molecule has 4 heterocycles. The number of amides is 1. The van der Waals surface area contributed by atoms with Gasteiger partial charge in [-0.3, -0.25) is 4.79 Å². The first-order valence-corrected chi connectivity index (χ1v) is 16.6. The van der Waals surface area contributed by atoms with Crippen LogP contribution in [0.4, 0.5) is 11.5 Å². The highest BCUT2D eigenvalue weighted by Crippen LogP contribution is 2.41. The van der Waals surface area contributed by atoms with Gasteiger partial charge in [0.05, 0.1) is 0 Å². The molecule has 0 aliphatic carbocycles. The molecule has 0 atom stereocenters. The standard InChI is InChI=1S/C35H35N9O3S/c1-22-14-28-29(47-21-46-28)18-30(22)48-35-41-31-32(37)39-20-40-33(31)44(35)9-3-8-38-34(45)26(19-36)16-23-4-5-25-17-27(7-6-24(25)15-23)43-12-10-42(2)11-13-43/h4-7,14-18,20H,3,8-13,21H2,1-2H3,(H,38,45)(H2,37,39,40)/b26-16+. The Morgan fingerprint density at radius 1 is 1.06 bits per heavy atom. The van der Waals surface area contributed by atoms with Crippen LogP contribution in [0.15, 0.2) is 70.5 Å². The van der Waals surface area contributed by atoms with E-state index >= 15 is 0 Å². The number of nitriles is 1. The molecule has 0 bridgehead atoms. The maximum atomic E-state index is 13.0. The number of nitrogens with zero attached hydrogens (tertiary/aromatic N) is 7. The van der Waals surface area contributed by atoms with Gasteiger partial charge in [-0.1, -0.05) is 30.0 Å². The second-order valence-electron chi connectivity index (χ2n) is 11.9. The molecule has 1 saturated heterocycles. The smallest absolute Gasteiger partial charge is 0.261 e. The van der Waals surface area contributed by atoms with Crippen molar-refractivity contribution in [2.75, 3.05) is 57.2 Å². The highest BCUT2D eigenvalue weighted by molar-refractivity contribution is 7.99. The number of nitrogen functional groups attached to an aromatic ring is 1. The number of ether oxygens (including phenoxy) is 2. The summed E-state index contributed by atoms with van der Waals surface area (Å²) in [6.45, 7) is 7.16. The second kappa shape index (κ2) is 13.4. The summed E-state index contributed by atoms with van der Waals surface area (Å²) < 4.78 is 13.1. The van der Waals surface area contributed by atoms with Gasteiger partial charge in [0.15, 0.2) is 33.6 Å². The number of piperazine rings is 1. The van der Waals surface area contributed by atoms with Gasteiger partial charge in [-0.2, -0.15) is 5.26 Å². The topological polar surface area (TPSA) is 147 Å². The average Bonchev–Trinajstić information content (AvgIpc) is 3.70. The summed E-state index contributed by atoms with van der Waals surface area (Å²) in [6, 6.07) is 18.4. The Morgan fingerprint density at radius 3 is 2.65 bits per heavy atom. The Kier molecular flexibility index (Phi) is 8.75. The van der Waals surface area contributed by atoms with Gasteiger partial charge in [0, 0.05) is 49.9 Å². The molecule has 1 fully saturated rings. The van der Waals surface area contributed by atoms with E-state index in [0.717, 1.165) is 58.7 Å². The molecule has 0 spiro atoms. The lowest BCUT2D eigenvalue weighted by atomic mass is 10.0. The van der Waals surface area contributed by atoms with Gasteiger partial charge in [0.25, 0.3) is 5.91 Å². The normalized spacial score (nSPS) is 14.9. The van der Waals surface area contributed by atoms with E-state index in [1.54, 1.807) is 6.08 Å². The Bertz CT molecular complexity index is 2100. The van der Waals surface area contributed by atoms with Crippen LogP contribution in [-0.2, 0) is 11.3 Å². The molecule has 2 aliphatic heterocycles. The molecular formula is C35H35N9O3S. The Balaban J connectivity index is 1.02. The Morgan fingerprint density at radius 2 is 1.83 bits per heavy atom. The molecule has 3 aromatic carbocycles. The van der Waals surface area contributed by atoms with E-state index in [9.17, 15) is 10.1 Å². The highest BCUT2D eigenvalue weighted by atomic mass is 32.2. The fraction of sp³-hybridized carbons (Fsp3) is 0.286. The lowest BCUT2D eigenvalue weighted by molar-refractivity contribution is -0.117. The number of nitrogens with two attached hydrogens (primary N) is 1. The quantitative estimate of drug-likeness (QED) is 0.130. The van der Waals surface area contributed by atoms with Crippen LogP contribution in [0.25, 0.3) is 28.0 Å². The molecule has 0 saturated carbocycles. The number of hydrogen-bond acceptors (Lipinski definition) is 11. The van der Waals surface area contributed by atoms with E-state index in [1.165, 1.54) is 23.8 Å². The summed E-state index contributed by atoms with van der Waals surface area (Å²) >= 11 is 1.47. The van der Waals surface area contributed by atoms with Gasteiger partial charge in [-0.25, -0.2) is 15.0 Å². The summed E-state index contributed by atoms with van der Waals surface area (Å²) in [6.07, 6.45) is 3.62. The second-order valence-corrected chi connectivity index (χ2v) is 12.9. The number of rotatable bonds is 9. The maximum absolute atomic E-state index is 13.0. The van der Waals surface area contributed by atoms with E-state index in [0.29, 0.717) is 47.4 Å². The van der Waals surface area contributed by atoms with Crippen molar-refractivity contribution in [3.05, 3.63) is 71.6 Å². The molecule has 7 rings (SSSR count). The van der Waals surface area contributed by atoms with Gasteiger partial charge < -0.3 is 34.9 Å². The number of aromatic nitrogens is 4. The molecular weight excluding hydrogens is 627 g/mol. The fourth-order valence-electron chi connectivity index (χ4n) is 5.90. The van der Waals surface area contributed by atoms with E-state index in [1.807, 2.05) is 41.8 Å². The van der Waals surface area contributed by atoms with Crippen molar-refractivity contribution in [3.63, 3.8) is 0 Å². The predicted molar refractivity (Wildman–Crippen MR) is 186 cm³/mol. The van der Waals surface area contributed by atoms with Crippen molar-refractivity contribution in [1.82, 2.24) is 29.7 Å². The summed E-state index contributed by atoms with van der Waals surface area (Å²) in [7, 11) is 2.15. The third kappa shape index (κ3) is 6.45. The Hall–Kier alpha value is -5.32. The Labute approximate surface area is 282 Å². The molecule has 0 radical (unpaired) electrons. The van der Waals surface area contributed by atoms with Crippen molar-refractivity contribution in [2.45, 2.75) is 29.9 Å². The largest absolute Gasteiger partial charge is 0.454 e. The number of nitrogens with one attached hydrogen (secondary N) is 1. The molecule has 5 aromatic rings. The number of likely N-dealkylation sites (N-methyl/N-ethyl adjacent to an activating group) is 1. The molecule has 2 aromatic heterocycles. The molecule has 2 aliphatic rings. The van der Waals surface area contributed by atoms with E-state index in [-0.39, 0.29) is 12.4 Å². The number of benzene rings is 3. The zero-order valence-corrected chi connectivity index (χ0v) is 27.6. The van der Waals surface area contributed by atoms with Crippen LogP contribution in [0.2, 0.25) is 0 Å². The van der Waals surface area contributed by atoms with Crippen LogP contribution in [0.5, 0.6) is 11.5 Å². The first kappa shape index (κ1) is 31.3. The van der Waals surface area contributed by atoms with Crippen LogP contribution in [0.1, 0.15) is 17.5 Å². The zero-order chi connectivity index (χ0) is 33.2. The summed E-state index contributed by atoms with van der Waals surface area (Å²) in [5.74, 6) is 1.28. The van der Waals surface area contributed by atoms with Crippen molar-refractivity contribution in [2.24, 2.45) is 0 Å².